The molecule has 1 heterocycles. The molecule has 0 spiro atoms. The molecule has 118 valence electrons. The van der Waals surface area contributed by atoms with Crippen LogP contribution in [0.4, 0.5) is 11.6 Å². The van der Waals surface area contributed by atoms with Crippen LogP contribution in [-0.4, -0.2) is 42.2 Å². The van der Waals surface area contributed by atoms with Crippen LogP contribution in [-0.2, 0) is 20.9 Å². The van der Waals surface area contributed by atoms with Gasteiger partial charge in [-0.25, -0.2) is 14.8 Å². The first-order chi connectivity index (χ1) is 10.1. The van der Waals surface area contributed by atoms with Crippen LogP contribution in [0.1, 0.15) is 33.0 Å². The number of aromatic nitrogens is 2. The first-order valence-electron chi connectivity index (χ1n) is 7.14. The lowest BCUT2D eigenvalue weighted by Crippen LogP contribution is -2.28. The number of rotatable bonds is 9. The van der Waals surface area contributed by atoms with E-state index in [4.69, 9.17) is 4.74 Å². The Morgan fingerprint density at radius 1 is 1.33 bits per heavy atom. The molecule has 0 fully saturated rings. The average Bonchev–Trinajstić information content (AvgIpc) is 2.49. The Balaban J connectivity index is 2.86. The van der Waals surface area contributed by atoms with Gasteiger partial charge in [-0.1, -0.05) is 6.92 Å². The second-order valence-electron chi connectivity index (χ2n) is 4.51. The van der Waals surface area contributed by atoms with E-state index in [0.29, 0.717) is 30.7 Å². The molecule has 1 aromatic heterocycles. The van der Waals surface area contributed by atoms with Crippen LogP contribution in [0.15, 0.2) is 6.07 Å². The zero-order valence-electron chi connectivity index (χ0n) is 13.1. The van der Waals surface area contributed by atoms with Gasteiger partial charge >= 0.3 is 5.97 Å². The molecule has 7 heteroatoms. The number of carbonyl (C=O) groups is 1. The highest BCUT2D eigenvalue weighted by molar-refractivity contribution is 5.78. The summed E-state index contributed by atoms with van der Waals surface area (Å²) in [6.07, 6.45) is 0.992. The van der Waals surface area contributed by atoms with Gasteiger partial charge in [-0.3, -0.25) is 0 Å². The molecule has 0 saturated heterocycles. The van der Waals surface area contributed by atoms with Gasteiger partial charge in [0.25, 0.3) is 0 Å². The quantitative estimate of drug-likeness (QED) is 0.672. The normalized spacial score (nSPS) is 11.8. The third-order valence-electron chi connectivity index (χ3n) is 2.68. The highest BCUT2D eigenvalue weighted by Crippen LogP contribution is 2.13. The second-order valence-corrected chi connectivity index (χ2v) is 4.51. The molecule has 0 aliphatic heterocycles. The molecule has 1 aromatic rings. The van der Waals surface area contributed by atoms with E-state index in [9.17, 15) is 4.79 Å². The third-order valence-corrected chi connectivity index (χ3v) is 2.68. The molecule has 0 aliphatic carbocycles. The summed E-state index contributed by atoms with van der Waals surface area (Å²) in [5.41, 5.74) is 0. The van der Waals surface area contributed by atoms with Crippen LogP contribution in [0.25, 0.3) is 0 Å². The lowest BCUT2D eigenvalue weighted by atomic mass is 10.3. The van der Waals surface area contributed by atoms with Gasteiger partial charge in [0.05, 0.1) is 7.11 Å². The number of hydrogen-bond donors (Lipinski definition) is 2. The minimum Gasteiger partial charge on any atom is -0.467 e. The molecular weight excluding hydrogens is 272 g/mol. The lowest BCUT2D eigenvalue weighted by molar-refractivity contribution is -0.141. The van der Waals surface area contributed by atoms with Crippen molar-refractivity contribution < 1.29 is 14.3 Å². The number of esters is 1. The van der Waals surface area contributed by atoms with E-state index in [2.05, 4.69) is 32.3 Å². The summed E-state index contributed by atoms with van der Waals surface area (Å²) >= 11 is 0. The third kappa shape index (κ3) is 5.95. The van der Waals surface area contributed by atoms with Gasteiger partial charge in [0.2, 0.25) is 0 Å². The van der Waals surface area contributed by atoms with Crippen LogP contribution in [0.2, 0.25) is 0 Å². The summed E-state index contributed by atoms with van der Waals surface area (Å²) in [5, 5.41) is 6.21. The van der Waals surface area contributed by atoms with E-state index in [-0.39, 0.29) is 5.97 Å². The van der Waals surface area contributed by atoms with Crippen LogP contribution < -0.4 is 10.6 Å². The topological polar surface area (TPSA) is 85.4 Å². The standard InChI is InChI=1S/C14H24N4O3/c1-5-7-15-11-8-12(16-10(3)14(19)20-4)18-13(17-11)9-21-6-2/h8,10H,5-7,9H2,1-4H3,(H2,15,16,17,18). The predicted octanol–water partition coefficient (Wildman–Crippen LogP) is 1.81. The SMILES string of the molecule is CCCNc1cc(NC(C)C(=O)OC)nc(COCC)n1. The van der Waals surface area contributed by atoms with Crippen LogP contribution >= 0.6 is 0 Å². The van der Waals surface area contributed by atoms with Gasteiger partial charge in [0.1, 0.15) is 24.3 Å². The Morgan fingerprint density at radius 2 is 2.05 bits per heavy atom. The smallest absolute Gasteiger partial charge is 0.328 e. The van der Waals surface area contributed by atoms with E-state index in [0.717, 1.165) is 13.0 Å². The minimum absolute atomic E-state index is 0.333. The Hall–Kier alpha value is -1.89. The van der Waals surface area contributed by atoms with E-state index in [1.807, 2.05) is 6.92 Å². The van der Waals surface area contributed by atoms with E-state index >= 15 is 0 Å². The van der Waals surface area contributed by atoms with Gasteiger partial charge in [-0.15, -0.1) is 0 Å². The molecule has 0 aliphatic rings. The first kappa shape index (κ1) is 17.2. The maximum Gasteiger partial charge on any atom is 0.328 e. The lowest BCUT2D eigenvalue weighted by Gasteiger charge is -2.14. The second kappa shape index (κ2) is 9.12. The Morgan fingerprint density at radius 3 is 2.67 bits per heavy atom. The van der Waals surface area contributed by atoms with Gasteiger partial charge in [-0.2, -0.15) is 0 Å². The van der Waals surface area contributed by atoms with Crippen molar-refractivity contribution in [3.05, 3.63) is 11.9 Å². The summed E-state index contributed by atoms with van der Waals surface area (Å²) in [6.45, 7) is 7.45. The molecular formula is C14H24N4O3. The Kier molecular flexibility index (Phi) is 7.45. The number of carbonyl (C=O) groups excluding carboxylic acids is 1. The van der Waals surface area contributed by atoms with Gasteiger partial charge in [0, 0.05) is 19.2 Å². The predicted molar refractivity (Wildman–Crippen MR) is 81.2 cm³/mol. The number of methoxy groups -OCH3 is 1. The van der Waals surface area contributed by atoms with Gasteiger partial charge < -0.3 is 20.1 Å². The molecule has 0 amide bonds. The molecule has 0 saturated carbocycles. The molecule has 0 aromatic carbocycles. The highest BCUT2D eigenvalue weighted by Gasteiger charge is 2.14. The Bertz CT molecular complexity index is 428. The molecule has 1 unspecified atom stereocenters. The fourth-order valence-electron chi connectivity index (χ4n) is 1.63. The van der Waals surface area contributed by atoms with Gasteiger partial charge in [0.15, 0.2) is 5.82 Å². The largest absolute Gasteiger partial charge is 0.467 e. The van der Waals surface area contributed by atoms with Crippen LogP contribution in [0.3, 0.4) is 0 Å². The molecule has 7 nitrogen and oxygen atoms in total. The van der Waals surface area contributed by atoms with Crippen LogP contribution in [0, 0.1) is 0 Å². The summed E-state index contributed by atoms with van der Waals surface area (Å²) in [7, 11) is 1.36. The molecule has 0 bridgehead atoms. The fraction of sp³-hybridized carbons (Fsp3) is 0.643. The van der Waals surface area contributed by atoms with Crippen molar-refractivity contribution >= 4 is 17.6 Å². The zero-order chi connectivity index (χ0) is 15.7. The first-order valence-corrected chi connectivity index (χ1v) is 7.14. The Labute approximate surface area is 125 Å². The van der Waals surface area contributed by atoms with E-state index in [1.54, 1.807) is 13.0 Å². The fourth-order valence-corrected chi connectivity index (χ4v) is 1.63. The molecule has 1 atom stereocenters. The van der Waals surface area contributed by atoms with Crippen molar-refractivity contribution in [1.82, 2.24) is 9.97 Å². The van der Waals surface area contributed by atoms with E-state index in [1.165, 1.54) is 7.11 Å². The summed E-state index contributed by atoms with van der Waals surface area (Å²) in [4.78, 5) is 20.2. The summed E-state index contributed by atoms with van der Waals surface area (Å²) in [6, 6.07) is 1.29. The van der Waals surface area contributed by atoms with Crippen molar-refractivity contribution in [2.24, 2.45) is 0 Å². The van der Waals surface area contributed by atoms with Crippen LogP contribution in [0.5, 0.6) is 0 Å². The summed E-state index contributed by atoms with van der Waals surface area (Å²) < 4.78 is 10.0. The van der Waals surface area contributed by atoms with Crippen molar-refractivity contribution in [3.63, 3.8) is 0 Å². The maximum atomic E-state index is 11.5. The number of nitrogens with one attached hydrogen (secondary N) is 2. The zero-order valence-corrected chi connectivity index (χ0v) is 13.1. The molecule has 0 radical (unpaired) electrons. The highest BCUT2D eigenvalue weighted by atomic mass is 16.5. The van der Waals surface area contributed by atoms with E-state index < -0.39 is 6.04 Å². The van der Waals surface area contributed by atoms with Crippen molar-refractivity contribution in [2.45, 2.75) is 39.8 Å². The monoisotopic (exact) mass is 296 g/mol. The van der Waals surface area contributed by atoms with Crippen molar-refractivity contribution in [1.29, 1.82) is 0 Å². The number of ether oxygens (including phenoxy) is 2. The number of hydrogen-bond acceptors (Lipinski definition) is 7. The molecule has 1 rings (SSSR count). The number of nitrogens with zero attached hydrogens (tertiary/aromatic N) is 2. The molecule has 2 N–H and O–H groups in total. The summed E-state index contributed by atoms with van der Waals surface area (Å²) in [5.74, 6) is 1.50. The molecule has 21 heavy (non-hydrogen) atoms. The number of anilines is 2. The minimum atomic E-state index is -0.483. The van der Waals surface area contributed by atoms with Crippen molar-refractivity contribution in [3.8, 4) is 0 Å². The van der Waals surface area contributed by atoms with Crippen molar-refractivity contribution in [2.75, 3.05) is 30.9 Å². The van der Waals surface area contributed by atoms with Gasteiger partial charge in [-0.05, 0) is 20.3 Å². The average molecular weight is 296 g/mol. The maximum absolute atomic E-state index is 11.5.